The van der Waals surface area contributed by atoms with Crippen LogP contribution < -0.4 is 0 Å². The lowest BCUT2D eigenvalue weighted by Crippen LogP contribution is -2.32. The molecule has 4 nitrogen and oxygen atoms in total. The number of aromatic amines is 1. The Morgan fingerprint density at radius 1 is 1.55 bits per heavy atom. The average Bonchev–Trinajstić information content (AvgIpc) is 2.79. The Kier molecular flexibility index (Phi) is 3.89. The third-order valence-electron chi connectivity index (χ3n) is 3.87. The molecule has 2 aromatic heterocycles. The fraction of sp³-hybridized carbons (Fsp3) is 0.467. The molecule has 5 heteroatoms. The minimum atomic E-state index is 0.191. The summed E-state index contributed by atoms with van der Waals surface area (Å²) >= 11 is 3.40. The first-order valence-corrected chi connectivity index (χ1v) is 7.74. The van der Waals surface area contributed by atoms with E-state index in [0.29, 0.717) is 18.4 Å². The Bertz CT molecular complexity index is 632. The van der Waals surface area contributed by atoms with E-state index in [0.717, 1.165) is 40.5 Å². The summed E-state index contributed by atoms with van der Waals surface area (Å²) in [5.74, 6) is 0.653. The minimum absolute atomic E-state index is 0.191. The zero-order chi connectivity index (χ0) is 14.1. The van der Waals surface area contributed by atoms with Gasteiger partial charge in [-0.2, -0.15) is 0 Å². The van der Waals surface area contributed by atoms with E-state index in [9.17, 15) is 4.79 Å². The van der Waals surface area contributed by atoms with Gasteiger partial charge in [0, 0.05) is 40.8 Å². The van der Waals surface area contributed by atoms with Gasteiger partial charge in [-0.15, -0.1) is 0 Å². The SMILES string of the molecule is CCOC1CC(CC(=O)c2c[nH]c3ncc(Br)cc23)C1. The number of nitrogens with zero attached hydrogens (tertiary/aromatic N) is 1. The number of pyridine rings is 1. The third kappa shape index (κ3) is 2.65. The smallest absolute Gasteiger partial charge is 0.165 e. The summed E-state index contributed by atoms with van der Waals surface area (Å²) in [6.07, 6.45) is 6.46. The molecule has 1 N–H and O–H groups in total. The minimum Gasteiger partial charge on any atom is -0.378 e. The van der Waals surface area contributed by atoms with Crippen LogP contribution in [0.5, 0.6) is 0 Å². The highest BCUT2D eigenvalue weighted by molar-refractivity contribution is 9.10. The van der Waals surface area contributed by atoms with Crippen LogP contribution in [-0.2, 0) is 4.74 Å². The number of carbonyl (C=O) groups excluding carboxylic acids is 1. The normalized spacial score (nSPS) is 21.9. The molecule has 2 aromatic rings. The molecule has 1 saturated carbocycles. The molecule has 0 bridgehead atoms. The number of Topliss-reactive ketones (excluding diaryl/α,β-unsaturated/α-hetero) is 1. The van der Waals surface area contributed by atoms with E-state index in [1.165, 1.54) is 0 Å². The number of halogens is 1. The third-order valence-corrected chi connectivity index (χ3v) is 4.30. The maximum atomic E-state index is 12.4. The molecular formula is C15H17BrN2O2. The standard InChI is InChI=1S/C15H17BrN2O2/c1-2-20-11-3-9(4-11)5-14(19)13-8-18-15-12(13)6-10(16)7-17-15/h6-9,11H,2-5H2,1H3,(H,17,18). The van der Waals surface area contributed by atoms with Crippen molar-refractivity contribution in [1.82, 2.24) is 9.97 Å². The van der Waals surface area contributed by atoms with E-state index < -0.39 is 0 Å². The summed E-state index contributed by atoms with van der Waals surface area (Å²) in [7, 11) is 0. The van der Waals surface area contributed by atoms with Crippen molar-refractivity contribution < 1.29 is 9.53 Å². The van der Waals surface area contributed by atoms with Crippen LogP contribution in [0.1, 0.15) is 36.5 Å². The number of H-pyrrole nitrogens is 1. The van der Waals surface area contributed by atoms with Crippen molar-refractivity contribution in [1.29, 1.82) is 0 Å². The van der Waals surface area contributed by atoms with E-state index in [1.807, 2.05) is 13.0 Å². The predicted octanol–water partition coefficient (Wildman–Crippen LogP) is 3.71. The predicted molar refractivity (Wildman–Crippen MR) is 80.9 cm³/mol. The number of aromatic nitrogens is 2. The van der Waals surface area contributed by atoms with Gasteiger partial charge in [0.2, 0.25) is 0 Å². The van der Waals surface area contributed by atoms with Crippen LogP contribution in [0.4, 0.5) is 0 Å². The number of fused-ring (bicyclic) bond motifs is 1. The summed E-state index contributed by atoms with van der Waals surface area (Å²) in [5.41, 5.74) is 1.51. The Hall–Kier alpha value is -1.20. The molecule has 0 unspecified atom stereocenters. The van der Waals surface area contributed by atoms with Gasteiger partial charge in [0.1, 0.15) is 5.65 Å². The Balaban J connectivity index is 1.69. The summed E-state index contributed by atoms with van der Waals surface area (Å²) in [5, 5.41) is 0.894. The van der Waals surface area contributed by atoms with Gasteiger partial charge in [0.05, 0.1) is 6.10 Å². The van der Waals surface area contributed by atoms with Gasteiger partial charge >= 0.3 is 0 Å². The molecule has 1 fully saturated rings. The second-order valence-corrected chi connectivity index (χ2v) is 6.21. The van der Waals surface area contributed by atoms with Crippen LogP contribution in [0, 0.1) is 5.92 Å². The highest BCUT2D eigenvalue weighted by atomic mass is 79.9. The van der Waals surface area contributed by atoms with Crippen molar-refractivity contribution >= 4 is 32.7 Å². The fourth-order valence-corrected chi connectivity index (χ4v) is 3.13. The monoisotopic (exact) mass is 336 g/mol. The maximum Gasteiger partial charge on any atom is 0.165 e. The zero-order valence-electron chi connectivity index (χ0n) is 11.4. The van der Waals surface area contributed by atoms with Crippen LogP contribution in [-0.4, -0.2) is 28.5 Å². The Morgan fingerprint density at radius 3 is 3.10 bits per heavy atom. The topological polar surface area (TPSA) is 55.0 Å². The van der Waals surface area contributed by atoms with Crippen LogP contribution in [0.2, 0.25) is 0 Å². The quantitative estimate of drug-likeness (QED) is 0.846. The molecule has 1 aliphatic rings. The van der Waals surface area contributed by atoms with Crippen LogP contribution in [0.15, 0.2) is 22.9 Å². The zero-order valence-corrected chi connectivity index (χ0v) is 12.9. The molecule has 1 aliphatic carbocycles. The molecule has 0 spiro atoms. The van der Waals surface area contributed by atoms with Crippen LogP contribution in [0.25, 0.3) is 11.0 Å². The molecule has 0 aliphatic heterocycles. The molecule has 106 valence electrons. The number of hydrogen-bond donors (Lipinski definition) is 1. The Morgan fingerprint density at radius 2 is 2.35 bits per heavy atom. The first-order valence-electron chi connectivity index (χ1n) is 6.94. The molecule has 0 radical (unpaired) electrons. The average molecular weight is 337 g/mol. The second-order valence-electron chi connectivity index (χ2n) is 5.29. The molecule has 2 heterocycles. The second kappa shape index (κ2) is 5.66. The first kappa shape index (κ1) is 13.8. The van der Waals surface area contributed by atoms with Crippen molar-refractivity contribution in [2.75, 3.05) is 6.61 Å². The molecule has 0 atom stereocenters. The van der Waals surface area contributed by atoms with Crippen molar-refractivity contribution in [2.45, 2.75) is 32.3 Å². The Labute approximate surface area is 126 Å². The van der Waals surface area contributed by atoms with Crippen molar-refractivity contribution in [2.24, 2.45) is 5.92 Å². The van der Waals surface area contributed by atoms with Gasteiger partial charge in [-0.3, -0.25) is 4.79 Å². The number of ketones is 1. The summed E-state index contributed by atoms with van der Waals surface area (Å²) in [6, 6.07) is 1.94. The molecule has 0 amide bonds. The highest BCUT2D eigenvalue weighted by Gasteiger charge is 2.31. The van der Waals surface area contributed by atoms with Gasteiger partial charge in [0.15, 0.2) is 5.78 Å². The van der Waals surface area contributed by atoms with E-state index >= 15 is 0 Å². The fourth-order valence-electron chi connectivity index (χ4n) is 2.79. The summed E-state index contributed by atoms with van der Waals surface area (Å²) < 4.78 is 6.42. The van der Waals surface area contributed by atoms with Crippen molar-refractivity contribution in [3.63, 3.8) is 0 Å². The molecule has 0 saturated heterocycles. The summed E-state index contributed by atoms with van der Waals surface area (Å²) in [4.78, 5) is 19.7. The number of nitrogens with one attached hydrogen (secondary N) is 1. The molecule has 0 aromatic carbocycles. The van der Waals surface area contributed by atoms with E-state index in [4.69, 9.17) is 4.74 Å². The van der Waals surface area contributed by atoms with Crippen LogP contribution in [0.3, 0.4) is 0 Å². The van der Waals surface area contributed by atoms with Gasteiger partial charge in [-0.05, 0) is 47.7 Å². The number of hydrogen-bond acceptors (Lipinski definition) is 3. The summed E-state index contributed by atoms with van der Waals surface area (Å²) in [6.45, 7) is 2.77. The van der Waals surface area contributed by atoms with Gasteiger partial charge in [-0.25, -0.2) is 4.98 Å². The first-order chi connectivity index (χ1) is 9.67. The van der Waals surface area contributed by atoms with Gasteiger partial charge in [-0.1, -0.05) is 0 Å². The molecule has 3 rings (SSSR count). The lowest BCUT2D eigenvalue weighted by molar-refractivity contribution is -0.0245. The lowest BCUT2D eigenvalue weighted by atomic mass is 9.78. The number of carbonyl (C=O) groups is 1. The number of ether oxygens (including phenoxy) is 1. The van der Waals surface area contributed by atoms with E-state index in [-0.39, 0.29) is 5.78 Å². The van der Waals surface area contributed by atoms with Gasteiger partial charge < -0.3 is 9.72 Å². The van der Waals surface area contributed by atoms with E-state index in [1.54, 1.807) is 12.4 Å². The molecule has 20 heavy (non-hydrogen) atoms. The van der Waals surface area contributed by atoms with Crippen molar-refractivity contribution in [3.8, 4) is 0 Å². The number of rotatable bonds is 5. The molecular weight excluding hydrogens is 320 g/mol. The van der Waals surface area contributed by atoms with E-state index in [2.05, 4.69) is 25.9 Å². The largest absolute Gasteiger partial charge is 0.378 e. The maximum absolute atomic E-state index is 12.4. The van der Waals surface area contributed by atoms with Gasteiger partial charge in [0.25, 0.3) is 0 Å². The van der Waals surface area contributed by atoms with Crippen LogP contribution >= 0.6 is 15.9 Å². The van der Waals surface area contributed by atoms with Crippen molar-refractivity contribution in [3.05, 3.63) is 28.5 Å². The lowest BCUT2D eigenvalue weighted by Gasteiger charge is -2.34. The highest BCUT2D eigenvalue weighted by Crippen LogP contribution is 2.34.